The number of aliphatic hydroxyl groups is 1. The topological polar surface area (TPSA) is 54.8 Å². The van der Waals surface area contributed by atoms with Crippen LogP contribution in [0, 0.1) is 3.57 Å². The van der Waals surface area contributed by atoms with Crippen molar-refractivity contribution in [3.8, 4) is 5.88 Å². The Balaban J connectivity index is 1.72. The first-order valence-electron chi connectivity index (χ1n) is 7.06. The van der Waals surface area contributed by atoms with Crippen LogP contribution in [0.25, 0.3) is 0 Å². The fraction of sp³-hybridized carbons (Fsp3) is 0.643. The fourth-order valence-corrected chi connectivity index (χ4v) is 3.22. The van der Waals surface area contributed by atoms with Crippen LogP contribution >= 0.6 is 22.6 Å². The largest absolute Gasteiger partial charge is 0.474 e. The molecular weight excluding hydrogens is 371 g/mol. The Hall–Kier alpha value is -0.600. The number of aromatic nitrogens is 1. The number of halogens is 1. The van der Waals surface area contributed by atoms with E-state index in [0.29, 0.717) is 12.3 Å². The van der Waals surface area contributed by atoms with Gasteiger partial charge in [0.15, 0.2) is 0 Å². The second kappa shape index (κ2) is 6.44. The molecule has 3 rings (SSSR count). The van der Waals surface area contributed by atoms with Gasteiger partial charge in [0.05, 0.1) is 19.3 Å². The number of aliphatic hydroxyl groups excluding tert-OH is 1. The number of morpholine rings is 1. The minimum atomic E-state index is -0.221. The molecule has 2 aliphatic rings. The smallest absolute Gasteiger partial charge is 0.216 e. The summed E-state index contributed by atoms with van der Waals surface area (Å²) in [5, 5.41) is 9.57. The Morgan fingerprint density at radius 1 is 1.30 bits per heavy atom. The molecule has 1 aromatic heterocycles. The van der Waals surface area contributed by atoms with Gasteiger partial charge < -0.3 is 19.5 Å². The maximum atomic E-state index is 9.57. The number of nitrogens with zero attached hydrogens (tertiary/aromatic N) is 2. The maximum absolute atomic E-state index is 9.57. The van der Waals surface area contributed by atoms with E-state index < -0.39 is 0 Å². The second-order valence-corrected chi connectivity index (χ2v) is 6.53. The monoisotopic (exact) mass is 390 g/mol. The van der Waals surface area contributed by atoms with E-state index in [-0.39, 0.29) is 12.2 Å². The number of ether oxygens (including phenoxy) is 2. The molecule has 2 heterocycles. The molecule has 1 aromatic rings. The standard InChI is InChI=1S/C14H19IN2O3/c15-10-7-13(17-3-5-19-6-4-17)16-14(8-10)20-12-2-1-11(18)9-12/h7-8,11-12,18H,1-6,9H2. The lowest BCUT2D eigenvalue weighted by molar-refractivity contribution is 0.122. The van der Waals surface area contributed by atoms with Crippen LogP contribution in [0.15, 0.2) is 12.1 Å². The van der Waals surface area contributed by atoms with E-state index in [0.717, 1.165) is 48.5 Å². The van der Waals surface area contributed by atoms with Crippen molar-refractivity contribution in [2.75, 3.05) is 31.2 Å². The van der Waals surface area contributed by atoms with Crippen molar-refractivity contribution < 1.29 is 14.6 Å². The predicted molar refractivity (Wildman–Crippen MR) is 84.3 cm³/mol. The van der Waals surface area contributed by atoms with E-state index in [1.807, 2.05) is 6.07 Å². The van der Waals surface area contributed by atoms with Gasteiger partial charge in [-0.2, -0.15) is 4.98 Å². The molecule has 110 valence electrons. The Bertz CT molecular complexity index is 466. The number of rotatable bonds is 3. The van der Waals surface area contributed by atoms with Crippen molar-refractivity contribution in [3.63, 3.8) is 0 Å². The molecule has 6 heteroatoms. The summed E-state index contributed by atoms with van der Waals surface area (Å²) in [5.41, 5.74) is 0. The zero-order valence-electron chi connectivity index (χ0n) is 11.3. The summed E-state index contributed by atoms with van der Waals surface area (Å²) in [6.45, 7) is 3.24. The van der Waals surface area contributed by atoms with Crippen molar-refractivity contribution in [1.29, 1.82) is 0 Å². The summed E-state index contributed by atoms with van der Waals surface area (Å²) in [5.74, 6) is 1.62. The van der Waals surface area contributed by atoms with Crippen molar-refractivity contribution in [3.05, 3.63) is 15.7 Å². The Morgan fingerprint density at radius 3 is 2.80 bits per heavy atom. The highest BCUT2D eigenvalue weighted by molar-refractivity contribution is 14.1. The predicted octanol–water partition coefficient (Wildman–Crippen LogP) is 1.81. The molecule has 1 saturated carbocycles. The Morgan fingerprint density at radius 2 is 2.10 bits per heavy atom. The van der Waals surface area contributed by atoms with E-state index in [1.54, 1.807) is 0 Å². The molecule has 5 nitrogen and oxygen atoms in total. The number of hydrogen-bond acceptors (Lipinski definition) is 5. The molecule has 20 heavy (non-hydrogen) atoms. The average molecular weight is 390 g/mol. The Labute approximate surface area is 132 Å². The molecule has 2 atom stereocenters. The molecule has 1 aliphatic heterocycles. The van der Waals surface area contributed by atoms with E-state index >= 15 is 0 Å². The number of anilines is 1. The van der Waals surface area contributed by atoms with Crippen LogP contribution in [0.1, 0.15) is 19.3 Å². The van der Waals surface area contributed by atoms with Crippen LogP contribution in [0.4, 0.5) is 5.82 Å². The van der Waals surface area contributed by atoms with Crippen LogP contribution < -0.4 is 9.64 Å². The second-order valence-electron chi connectivity index (χ2n) is 5.29. The third-order valence-corrected chi connectivity index (χ3v) is 4.36. The van der Waals surface area contributed by atoms with Gasteiger partial charge in [-0.15, -0.1) is 0 Å². The molecule has 0 bridgehead atoms. The normalized spacial score (nSPS) is 26.8. The summed E-state index contributed by atoms with van der Waals surface area (Å²) in [6.07, 6.45) is 2.31. The van der Waals surface area contributed by atoms with Crippen LogP contribution in [0.3, 0.4) is 0 Å². The van der Waals surface area contributed by atoms with Gasteiger partial charge in [-0.25, -0.2) is 0 Å². The minimum absolute atomic E-state index is 0.0910. The molecule has 0 amide bonds. The summed E-state index contributed by atoms with van der Waals surface area (Å²) >= 11 is 2.29. The van der Waals surface area contributed by atoms with E-state index in [4.69, 9.17) is 9.47 Å². The van der Waals surface area contributed by atoms with Gasteiger partial charge in [0, 0.05) is 29.1 Å². The van der Waals surface area contributed by atoms with Gasteiger partial charge in [0.1, 0.15) is 11.9 Å². The Kier molecular flexibility index (Phi) is 4.62. The third kappa shape index (κ3) is 3.53. The third-order valence-electron chi connectivity index (χ3n) is 3.73. The zero-order valence-corrected chi connectivity index (χ0v) is 13.5. The van der Waals surface area contributed by atoms with Crippen LogP contribution in [-0.2, 0) is 4.74 Å². The highest BCUT2D eigenvalue weighted by Crippen LogP contribution is 2.27. The molecule has 0 radical (unpaired) electrons. The SMILES string of the molecule is OC1CCC(Oc2cc(I)cc(N3CCOCC3)n2)C1. The summed E-state index contributed by atoms with van der Waals surface area (Å²) in [4.78, 5) is 6.83. The summed E-state index contributed by atoms with van der Waals surface area (Å²) in [6, 6.07) is 4.03. The van der Waals surface area contributed by atoms with Crippen LogP contribution in [0.5, 0.6) is 5.88 Å². The first kappa shape index (κ1) is 14.3. The van der Waals surface area contributed by atoms with Gasteiger partial charge in [-0.3, -0.25) is 0 Å². The molecule has 1 aliphatic carbocycles. The fourth-order valence-electron chi connectivity index (χ4n) is 2.67. The first-order chi connectivity index (χ1) is 9.70. The average Bonchev–Trinajstić information content (AvgIpc) is 2.84. The molecule has 0 aromatic carbocycles. The molecular formula is C14H19IN2O3. The first-order valence-corrected chi connectivity index (χ1v) is 8.13. The highest BCUT2D eigenvalue weighted by Gasteiger charge is 2.25. The van der Waals surface area contributed by atoms with E-state index in [2.05, 4.69) is 38.5 Å². The van der Waals surface area contributed by atoms with Crippen molar-refractivity contribution in [2.24, 2.45) is 0 Å². The van der Waals surface area contributed by atoms with Gasteiger partial charge in [0.2, 0.25) is 5.88 Å². The lowest BCUT2D eigenvalue weighted by Gasteiger charge is -2.28. The van der Waals surface area contributed by atoms with Crippen LogP contribution in [-0.4, -0.2) is 48.6 Å². The zero-order chi connectivity index (χ0) is 13.9. The highest BCUT2D eigenvalue weighted by atomic mass is 127. The van der Waals surface area contributed by atoms with Crippen LogP contribution in [0.2, 0.25) is 0 Å². The van der Waals surface area contributed by atoms with Gasteiger partial charge in [-0.05, 0) is 41.5 Å². The number of pyridine rings is 1. The van der Waals surface area contributed by atoms with Gasteiger partial charge >= 0.3 is 0 Å². The number of hydrogen-bond donors (Lipinski definition) is 1. The maximum Gasteiger partial charge on any atom is 0.216 e. The minimum Gasteiger partial charge on any atom is -0.474 e. The molecule has 0 spiro atoms. The van der Waals surface area contributed by atoms with Crippen molar-refractivity contribution in [1.82, 2.24) is 4.98 Å². The van der Waals surface area contributed by atoms with Gasteiger partial charge in [0.25, 0.3) is 0 Å². The lowest BCUT2D eigenvalue weighted by Crippen LogP contribution is -2.36. The van der Waals surface area contributed by atoms with Crippen molar-refractivity contribution in [2.45, 2.75) is 31.5 Å². The van der Waals surface area contributed by atoms with E-state index in [1.165, 1.54) is 0 Å². The molecule has 2 unspecified atom stereocenters. The lowest BCUT2D eigenvalue weighted by atomic mass is 10.3. The van der Waals surface area contributed by atoms with Crippen molar-refractivity contribution >= 4 is 28.4 Å². The molecule has 1 N–H and O–H groups in total. The summed E-state index contributed by atoms with van der Waals surface area (Å²) < 4.78 is 12.4. The van der Waals surface area contributed by atoms with E-state index in [9.17, 15) is 5.11 Å². The molecule has 2 fully saturated rings. The molecule has 1 saturated heterocycles. The summed E-state index contributed by atoms with van der Waals surface area (Å²) in [7, 11) is 0. The quantitative estimate of drug-likeness (QED) is 0.799. The van der Waals surface area contributed by atoms with Gasteiger partial charge in [-0.1, -0.05) is 0 Å².